The van der Waals surface area contributed by atoms with Crippen LogP contribution in [0.2, 0.25) is 5.02 Å². The summed E-state index contributed by atoms with van der Waals surface area (Å²) in [4.78, 5) is 24.2. The van der Waals surface area contributed by atoms with E-state index >= 15 is 0 Å². The summed E-state index contributed by atoms with van der Waals surface area (Å²) >= 11 is 5.80. The highest BCUT2D eigenvalue weighted by Gasteiger charge is 2.18. The van der Waals surface area contributed by atoms with Gasteiger partial charge in [-0.1, -0.05) is 17.7 Å². The Bertz CT molecular complexity index is 776. The Hall–Kier alpha value is -2.73. The van der Waals surface area contributed by atoms with E-state index in [4.69, 9.17) is 25.8 Å². The molecule has 2 aromatic carbocycles. The fraction of sp³-hybridized carbons (Fsp3) is 0.263. The van der Waals surface area contributed by atoms with Gasteiger partial charge >= 0.3 is 5.97 Å². The number of esters is 1. The molecule has 2 rings (SSSR count). The van der Waals surface area contributed by atoms with Gasteiger partial charge < -0.3 is 19.5 Å². The van der Waals surface area contributed by atoms with Gasteiger partial charge in [-0.2, -0.15) is 0 Å². The molecule has 2 aromatic rings. The van der Waals surface area contributed by atoms with Crippen LogP contribution < -0.4 is 14.8 Å². The zero-order chi connectivity index (χ0) is 19.1. The van der Waals surface area contributed by atoms with E-state index in [2.05, 4.69) is 5.32 Å². The fourth-order valence-corrected chi connectivity index (χ4v) is 2.35. The molecule has 0 aliphatic carbocycles. The molecule has 1 atom stereocenters. The van der Waals surface area contributed by atoms with Gasteiger partial charge in [0.15, 0.2) is 17.6 Å². The molecule has 0 bridgehead atoms. The molecule has 0 fully saturated rings. The molecule has 0 aliphatic rings. The van der Waals surface area contributed by atoms with Gasteiger partial charge in [-0.15, -0.1) is 0 Å². The second-order valence-electron chi connectivity index (χ2n) is 5.49. The Kier molecular flexibility index (Phi) is 6.86. The van der Waals surface area contributed by atoms with Crippen molar-refractivity contribution in [3.63, 3.8) is 0 Å². The Morgan fingerprint density at radius 1 is 1.04 bits per heavy atom. The van der Waals surface area contributed by atoms with Crippen molar-refractivity contribution in [2.45, 2.75) is 19.4 Å². The Balaban J connectivity index is 1.92. The van der Waals surface area contributed by atoms with Crippen molar-refractivity contribution in [1.82, 2.24) is 0 Å². The summed E-state index contributed by atoms with van der Waals surface area (Å²) in [7, 11) is 3.05. The van der Waals surface area contributed by atoms with Crippen LogP contribution in [-0.4, -0.2) is 32.2 Å². The fourth-order valence-electron chi connectivity index (χ4n) is 2.23. The average molecular weight is 378 g/mol. The van der Waals surface area contributed by atoms with Crippen LogP contribution in [0.1, 0.15) is 12.5 Å². The van der Waals surface area contributed by atoms with E-state index in [1.165, 1.54) is 21.1 Å². The summed E-state index contributed by atoms with van der Waals surface area (Å²) in [5.41, 5.74) is 1.26. The predicted octanol–water partition coefficient (Wildman–Crippen LogP) is 3.47. The molecule has 7 heteroatoms. The van der Waals surface area contributed by atoms with E-state index in [-0.39, 0.29) is 6.42 Å². The number of carbonyl (C=O) groups is 2. The van der Waals surface area contributed by atoms with Crippen LogP contribution in [0.3, 0.4) is 0 Å². The molecule has 0 radical (unpaired) electrons. The number of methoxy groups -OCH3 is 2. The number of nitrogens with one attached hydrogen (secondary N) is 1. The lowest BCUT2D eigenvalue weighted by Gasteiger charge is -2.14. The minimum atomic E-state index is -0.932. The third-order valence-electron chi connectivity index (χ3n) is 3.59. The van der Waals surface area contributed by atoms with Crippen LogP contribution in [0.15, 0.2) is 42.5 Å². The zero-order valence-electron chi connectivity index (χ0n) is 14.7. The molecule has 1 amide bonds. The number of carbonyl (C=O) groups excluding carboxylic acids is 2. The maximum absolute atomic E-state index is 12.1. The lowest BCUT2D eigenvalue weighted by Crippen LogP contribution is -2.30. The highest BCUT2D eigenvalue weighted by molar-refractivity contribution is 6.30. The minimum Gasteiger partial charge on any atom is -0.493 e. The average Bonchev–Trinajstić information content (AvgIpc) is 2.63. The SMILES string of the molecule is COc1ccc(CC(=O)O[C@H](C)C(=O)Nc2ccc(Cl)cc2)cc1OC. The van der Waals surface area contributed by atoms with Gasteiger partial charge in [0, 0.05) is 10.7 Å². The lowest BCUT2D eigenvalue weighted by atomic mass is 10.1. The van der Waals surface area contributed by atoms with Crippen molar-refractivity contribution < 1.29 is 23.8 Å². The molecule has 0 aromatic heterocycles. The quantitative estimate of drug-likeness (QED) is 0.748. The molecule has 26 heavy (non-hydrogen) atoms. The monoisotopic (exact) mass is 377 g/mol. The first-order valence-electron chi connectivity index (χ1n) is 7.89. The topological polar surface area (TPSA) is 73.9 Å². The van der Waals surface area contributed by atoms with E-state index in [0.717, 1.165) is 0 Å². The van der Waals surface area contributed by atoms with Crippen LogP contribution in [0.4, 0.5) is 5.69 Å². The molecule has 1 N–H and O–H groups in total. The summed E-state index contributed by atoms with van der Waals surface area (Å²) in [5.74, 6) is 0.149. The highest BCUT2D eigenvalue weighted by atomic mass is 35.5. The largest absolute Gasteiger partial charge is 0.493 e. The second-order valence-corrected chi connectivity index (χ2v) is 5.93. The van der Waals surface area contributed by atoms with Crippen molar-refractivity contribution in [2.75, 3.05) is 19.5 Å². The first-order valence-corrected chi connectivity index (χ1v) is 8.27. The zero-order valence-corrected chi connectivity index (χ0v) is 15.5. The summed E-state index contributed by atoms with van der Waals surface area (Å²) < 4.78 is 15.5. The standard InChI is InChI=1S/C19H20ClNO5/c1-12(19(23)21-15-7-5-14(20)6-8-15)26-18(22)11-13-4-9-16(24-2)17(10-13)25-3/h4-10,12H,11H2,1-3H3,(H,21,23)/t12-/m1/s1. The van der Waals surface area contributed by atoms with Crippen molar-refractivity contribution in [2.24, 2.45) is 0 Å². The van der Waals surface area contributed by atoms with Crippen LogP contribution in [0.25, 0.3) is 0 Å². The summed E-state index contributed by atoms with van der Waals surface area (Å²) in [6, 6.07) is 11.8. The first kappa shape index (κ1) is 19.6. The van der Waals surface area contributed by atoms with E-state index in [0.29, 0.717) is 27.8 Å². The van der Waals surface area contributed by atoms with Crippen molar-refractivity contribution in [3.8, 4) is 11.5 Å². The normalized spacial score (nSPS) is 11.4. The molecular weight excluding hydrogens is 358 g/mol. The van der Waals surface area contributed by atoms with Gasteiger partial charge in [0.1, 0.15) is 0 Å². The third kappa shape index (κ3) is 5.39. The lowest BCUT2D eigenvalue weighted by molar-refractivity contribution is -0.152. The molecular formula is C19H20ClNO5. The van der Waals surface area contributed by atoms with E-state index in [1.807, 2.05) is 0 Å². The number of rotatable bonds is 7. The number of hydrogen-bond donors (Lipinski definition) is 1. The third-order valence-corrected chi connectivity index (χ3v) is 3.84. The molecule has 0 saturated carbocycles. The van der Waals surface area contributed by atoms with Crippen LogP contribution >= 0.6 is 11.6 Å². The Labute approximate surface area is 157 Å². The Morgan fingerprint density at radius 2 is 1.69 bits per heavy atom. The number of hydrogen-bond acceptors (Lipinski definition) is 5. The van der Waals surface area contributed by atoms with E-state index in [9.17, 15) is 9.59 Å². The van der Waals surface area contributed by atoms with Gasteiger partial charge in [-0.3, -0.25) is 9.59 Å². The van der Waals surface area contributed by atoms with Crippen molar-refractivity contribution >= 4 is 29.2 Å². The molecule has 0 heterocycles. The van der Waals surface area contributed by atoms with Gasteiger partial charge in [0.05, 0.1) is 20.6 Å². The molecule has 0 saturated heterocycles. The van der Waals surface area contributed by atoms with Crippen molar-refractivity contribution in [3.05, 3.63) is 53.1 Å². The molecule has 138 valence electrons. The number of amides is 1. The highest BCUT2D eigenvalue weighted by Crippen LogP contribution is 2.27. The van der Waals surface area contributed by atoms with Crippen LogP contribution in [-0.2, 0) is 20.7 Å². The molecule has 0 spiro atoms. The first-order chi connectivity index (χ1) is 12.4. The number of anilines is 1. The van der Waals surface area contributed by atoms with E-state index < -0.39 is 18.0 Å². The summed E-state index contributed by atoms with van der Waals surface area (Å²) in [6.07, 6.45) is -0.919. The number of ether oxygens (including phenoxy) is 3. The second kappa shape index (κ2) is 9.10. The van der Waals surface area contributed by atoms with E-state index in [1.54, 1.807) is 42.5 Å². The maximum atomic E-state index is 12.1. The molecule has 6 nitrogen and oxygen atoms in total. The minimum absolute atomic E-state index is 0.0128. The molecule has 0 unspecified atom stereocenters. The van der Waals surface area contributed by atoms with Gasteiger partial charge in [-0.25, -0.2) is 0 Å². The number of benzene rings is 2. The van der Waals surface area contributed by atoms with Crippen LogP contribution in [0.5, 0.6) is 11.5 Å². The van der Waals surface area contributed by atoms with Gasteiger partial charge in [0.25, 0.3) is 5.91 Å². The van der Waals surface area contributed by atoms with Gasteiger partial charge in [0.2, 0.25) is 0 Å². The van der Waals surface area contributed by atoms with Crippen LogP contribution in [0, 0.1) is 0 Å². The smallest absolute Gasteiger partial charge is 0.311 e. The summed E-state index contributed by atoms with van der Waals surface area (Å²) in [5, 5.41) is 3.23. The predicted molar refractivity (Wildman–Crippen MR) is 98.9 cm³/mol. The Morgan fingerprint density at radius 3 is 2.31 bits per heavy atom. The van der Waals surface area contributed by atoms with Crippen molar-refractivity contribution in [1.29, 1.82) is 0 Å². The maximum Gasteiger partial charge on any atom is 0.311 e. The summed E-state index contributed by atoms with van der Waals surface area (Å²) in [6.45, 7) is 1.51. The number of halogens is 1. The molecule has 0 aliphatic heterocycles. The van der Waals surface area contributed by atoms with Gasteiger partial charge in [-0.05, 0) is 48.9 Å².